The molecule has 0 bridgehead atoms. The number of imidazole rings is 1. The van der Waals surface area contributed by atoms with Crippen LogP contribution in [0.25, 0.3) is 11.0 Å². The molecule has 0 radical (unpaired) electrons. The minimum Gasteiger partial charge on any atom is -0.494 e. The number of nitrogens with zero attached hydrogens (tertiary/aromatic N) is 2. The molecule has 168 valence electrons. The van der Waals surface area contributed by atoms with Crippen LogP contribution >= 0.6 is 0 Å². The van der Waals surface area contributed by atoms with Crippen LogP contribution in [0.15, 0.2) is 59.8 Å². The van der Waals surface area contributed by atoms with Crippen LogP contribution in [0.3, 0.4) is 0 Å². The third-order valence-corrected chi connectivity index (χ3v) is 5.55. The molecule has 0 fully saturated rings. The molecule has 0 saturated carbocycles. The Morgan fingerprint density at radius 1 is 1.09 bits per heavy atom. The number of esters is 1. The van der Waals surface area contributed by atoms with Crippen molar-refractivity contribution in [3.05, 3.63) is 65.4 Å². The number of ether oxygens (including phenoxy) is 2. The van der Waals surface area contributed by atoms with Gasteiger partial charge in [-0.1, -0.05) is 38.1 Å². The fourth-order valence-corrected chi connectivity index (χ4v) is 3.98. The summed E-state index contributed by atoms with van der Waals surface area (Å²) in [6.45, 7) is 10.7. The molecule has 1 atom stereocenters. The summed E-state index contributed by atoms with van der Waals surface area (Å²) in [6.07, 6.45) is 0.800. The van der Waals surface area contributed by atoms with Gasteiger partial charge in [-0.25, -0.2) is 9.78 Å². The molecule has 1 aromatic heterocycles. The zero-order chi connectivity index (χ0) is 22.8. The van der Waals surface area contributed by atoms with Crippen LogP contribution in [0.5, 0.6) is 5.75 Å². The van der Waals surface area contributed by atoms with Crippen molar-refractivity contribution in [3.63, 3.8) is 0 Å². The molecule has 1 aliphatic rings. The summed E-state index contributed by atoms with van der Waals surface area (Å²) in [5, 5.41) is 3.31. The first-order valence-electron chi connectivity index (χ1n) is 11.2. The van der Waals surface area contributed by atoms with E-state index in [1.165, 1.54) is 0 Å². The molecule has 0 spiro atoms. The van der Waals surface area contributed by atoms with Crippen molar-refractivity contribution in [3.8, 4) is 5.75 Å². The zero-order valence-electron chi connectivity index (χ0n) is 19.4. The summed E-state index contributed by atoms with van der Waals surface area (Å²) in [5.74, 6) is 1.81. The lowest BCUT2D eigenvalue weighted by Crippen LogP contribution is -2.29. The lowest BCUT2D eigenvalue weighted by molar-refractivity contribution is -0.143. The highest BCUT2D eigenvalue weighted by atomic mass is 16.5. The molecular formula is C26H31N3O3. The number of rotatable bonds is 7. The van der Waals surface area contributed by atoms with Gasteiger partial charge in [0.25, 0.3) is 0 Å². The van der Waals surface area contributed by atoms with E-state index in [-0.39, 0.29) is 18.1 Å². The van der Waals surface area contributed by atoms with Gasteiger partial charge < -0.3 is 14.8 Å². The van der Waals surface area contributed by atoms with Gasteiger partial charge >= 0.3 is 5.97 Å². The highest BCUT2D eigenvalue weighted by molar-refractivity contribution is 5.94. The molecule has 4 rings (SSSR count). The molecule has 2 aromatic carbocycles. The average Bonchev–Trinajstić information content (AvgIpc) is 3.10. The lowest BCUT2D eigenvalue weighted by Gasteiger charge is -2.30. The Labute approximate surface area is 189 Å². The summed E-state index contributed by atoms with van der Waals surface area (Å²) in [4.78, 5) is 17.9. The SMILES string of the molecule is CC1=C(C(=O)OC(C)C)[C@H](c2ccc(OCCC(C)C)cc2)n2c(nc3ccccc32)N1. The second-order valence-corrected chi connectivity index (χ2v) is 8.91. The second kappa shape index (κ2) is 9.07. The second-order valence-electron chi connectivity index (χ2n) is 8.91. The molecule has 0 aliphatic carbocycles. The topological polar surface area (TPSA) is 65.4 Å². The summed E-state index contributed by atoms with van der Waals surface area (Å²) in [7, 11) is 0. The van der Waals surface area contributed by atoms with Crippen molar-refractivity contribution in [2.75, 3.05) is 11.9 Å². The number of benzene rings is 2. The van der Waals surface area contributed by atoms with Gasteiger partial charge in [-0.2, -0.15) is 0 Å². The van der Waals surface area contributed by atoms with E-state index in [2.05, 4.69) is 23.7 Å². The van der Waals surface area contributed by atoms with Crippen LogP contribution in [0.4, 0.5) is 5.95 Å². The third kappa shape index (κ3) is 4.35. The van der Waals surface area contributed by atoms with E-state index in [0.29, 0.717) is 24.0 Å². The van der Waals surface area contributed by atoms with Gasteiger partial charge in [0.1, 0.15) is 5.75 Å². The fraction of sp³-hybridized carbons (Fsp3) is 0.385. The Hall–Kier alpha value is -3.28. The van der Waals surface area contributed by atoms with E-state index in [0.717, 1.165) is 34.5 Å². The first kappa shape index (κ1) is 21.9. The quantitative estimate of drug-likeness (QED) is 0.484. The van der Waals surface area contributed by atoms with Crippen LogP contribution in [0.1, 0.15) is 52.6 Å². The van der Waals surface area contributed by atoms with Crippen LogP contribution in [-0.4, -0.2) is 28.2 Å². The monoisotopic (exact) mass is 433 g/mol. The maximum atomic E-state index is 13.2. The van der Waals surface area contributed by atoms with E-state index >= 15 is 0 Å². The maximum Gasteiger partial charge on any atom is 0.338 e. The first-order chi connectivity index (χ1) is 15.3. The van der Waals surface area contributed by atoms with Crippen molar-refractivity contribution in [1.29, 1.82) is 0 Å². The van der Waals surface area contributed by atoms with E-state index in [9.17, 15) is 4.79 Å². The number of anilines is 1. The van der Waals surface area contributed by atoms with E-state index in [4.69, 9.17) is 14.5 Å². The number of carbonyl (C=O) groups excluding carboxylic acids is 1. The minimum atomic E-state index is -0.352. The van der Waals surface area contributed by atoms with Crippen molar-refractivity contribution >= 4 is 23.0 Å². The Bertz CT molecular complexity index is 1140. The molecule has 0 unspecified atom stereocenters. The Balaban J connectivity index is 1.76. The summed E-state index contributed by atoms with van der Waals surface area (Å²) in [6, 6.07) is 15.6. The number of allylic oxidation sites excluding steroid dienone is 1. The summed E-state index contributed by atoms with van der Waals surface area (Å²) in [5.41, 5.74) is 4.14. The molecule has 32 heavy (non-hydrogen) atoms. The van der Waals surface area contributed by atoms with Gasteiger partial charge in [0.15, 0.2) is 0 Å². The molecule has 6 nitrogen and oxygen atoms in total. The Morgan fingerprint density at radius 3 is 2.50 bits per heavy atom. The molecule has 3 aromatic rings. The van der Waals surface area contributed by atoms with Crippen molar-refractivity contribution in [2.24, 2.45) is 5.92 Å². The molecular weight excluding hydrogens is 402 g/mol. The smallest absolute Gasteiger partial charge is 0.338 e. The number of hydrogen-bond donors (Lipinski definition) is 1. The normalized spacial score (nSPS) is 15.8. The lowest BCUT2D eigenvalue weighted by atomic mass is 9.95. The first-order valence-corrected chi connectivity index (χ1v) is 11.2. The van der Waals surface area contributed by atoms with E-state index < -0.39 is 0 Å². The molecule has 0 amide bonds. The van der Waals surface area contributed by atoms with Gasteiger partial charge in [-0.15, -0.1) is 0 Å². The van der Waals surface area contributed by atoms with Crippen LogP contribution < -0.4 is 10.1 Å². The van der Waals surface area contributed by atoms with Crippen LogP contribution in [0.2, 0.25) is 0 Å². The van der Waals surface area contributed by atoms with E-state index in [1.54, 1.807) is 0 Å². The minimum absolute atomic E-state index is 0.207. The number of fused-ring (bicyclic) bond motifs is 3. The highest BCUT2D eigenvalue weighted by Crippen LogP contribution is 2.40. The summed E-state index contributed by atoms with van der Waals surface area (Å²) >= 11 is 0. The van der Waals surface area contributed by atoms with Gasteiger partial charge in [0.05, 0.1) is 35.4 Å². The molecule has 2 heterocycles. The fourth-order valence-electron chi connectivity index (χ4n) is 3.98. The standard InChI is InChI=1S/C26H31N3O3/c1-16(2)14-15-31-20-12-10-19(11-13-20)24-23(25(30)32-17(3)4)18(5)27-26-28-21-8-6-7-9-22(21)29(24)26/h6-13,16-17,24H,14-15H2,1-5H3,(H,27,28)/t24-/m0/s1. The van der Waals surface area contributed by atoms with Crippen molar-refractivity contribution in [1.82, 2.24) is 9.55 Å². The van der Waals surface area contributed by atoms with Gasteiger partial charge in [0.2, 0.25) is 5.95 Å². The zero-order valence-corrected chi connectivity index (χ0v) is 19.4. The summed E-state index contributed by atoms with van der Waals surface area (Å²) < 4.78 is 13.6. The van der Waals surface area contributed by atoms with Gasteiger partial charge in [-0.3, -0.25) is 4.57 Å². The van der Waals surface area contributed by atoms with E-state index in [1.807, 2.05) is 69.3 Å². The molecule has 1 N–H and O–H groups in total. The predicted octanol–water partition coefficient (Wildman–Crippen LogP) is 5.70. The van der Waals surface area contributed by atoms with Gasteiger partial charge in [0, 0.05) is 5.70 Å². The van der Waals surface area contributed by atoms with Crippen molar-refractivity contribution < 1.29 is 14.3 Å². The van der Waals surface area contributed by atoms with Gasteiger partial charge in [-0.05, 0) is 62.9 Å². The molecule has 6 heteroatoms. The Morgan fingerprint density at radius 2 is 1.81 bits per heavy atom. The molecule has 1 aliphatic heterocycles. The number of hydrogen-bond acceptors (Lipinski definition) is 5. The largest absolute Gasteiger partial charge is 0.494 e. The number of nitrogens with one attached hydrogen (secondary N) is 1. The molecule has 0 saturated heterocycles. The van der Waals surface area contributed by atoms with Crippen molar-refractivity contribution in [2.45, 2.75) is 53.2 Å². The third-order valence-electron chi connectivity index (χ3n) is 5.55. The average molecular weight is 434 g/mol. The number of para-hydroxylation sites is 2. The van der Waals surface area contributed by atoms with Crippen LogP contribution in [-0.2, 0) is 9.53 Å². The highest BCUT2D eigenvalue weighted by Gasteiger charge is 2.35. The predicted molar refractivity (Wildman–Crippen MR) is 127 cm³/mol. The number of carbonyl (C=O) groups is 1. The Kier molecular flexibility index (Phi) is 6.21. The number of aromatic nitrogens is 2. The van der Waals surface area contributed by atoms with Crippen LogP contribution in [0, 0.1) is 5.92 Å². The maximum absolute atomic E-state index is 13.2.